The first kappa shape index (κ1) is 29.6. The van der Waals surface area contributed by atoms with E-state index in [0.29, 0.717) is 46.3 Å². The molecule has 6 heteroatoms. The van der Waals surface area contributed by atoms with Crippen LogP contribution in [-0.2, 0) is 20.7 Å². The van der Waals surface area contributed by atoms with E-state index in [1.54, 1.807) is 21.3 Å². The Hall–Kier alpha value is -4.84. The van der Waals surface area contributed by atoms with Gasteiger partial charge in [0.2, 0.25) is 5.78 Å². The molecule has 0 atom stereocenters. The molecule has 1 aliphatic carbocycles. The number of Topliss-reactive ketones (excluding diaryl/α,β-unsaturated/α-hetero) is 1. The van der Waals surface area contributed by atoms with Gasteiger partial charge in [0, 0.05) is 11.5 Å². The van der Waals surface area contributed by atoms with Crippen LogP contribution in [0, 0.1) is 5.41 Å². The van der Waals surface area contributed by atoms with E-state index in [4.69, 9.17) is 23.4 Å². The number of ketones is 1. The van der Waals surface area contributed by atoms with E-state index >= 15 is 0 Å². The molecule has 1 aliphatic heterocycles. The molecule has 0 unspecified atom stereocenters. The van der Waals surface area contributed by atoms with Crippen LogP contribution in [0.5, 0.6) is 11.5 Å². The minimum atomic E-state index is -0.262. The van der Waals surface area contributed by atoms with Crippen LogP contribution in [0.1, 0.15) is 44.6 Å². The quantitative estimate of drug-likeness (QED) is 0.197. The number of methoxy groups -OCH3 is 3. The predicted molar refractivity (Wildman–Crippen MR) is 169 cm³/mol. The fraction of sp³-hybridized carbons (Fsp3) is 0.243. The highest BCUT2D eigenvalue weighted by Crippen LogP contribution is 2.41. The van der Waals surface area contributed by atoms with Crippen molar-refractivity contribution < 1.29 is 28.2 Å². The second kappa shape index (κ2) is 12.2. The summed E-state index contributed by atoms with van der Waals surface area (Å²) in [5.74, 6) is 4.77. The predicted octanol–water partition coefficient (Wildman–Crippen LogP) is 8.60. The summed E-state index contributed by atoms with van der Waals surface area (Å²) < 4.78 is 29.4. The number of para-hydroxylation sites is 2. The second-order valence-corrected chi connectivity index (χ2v) is 11.3. The van der Waals surface area contributed by atoms with E-state index < -0.39 is 0 Å². The Balaban J connectivity index is 1.57. The van der Waals surface area contributed by atoms with Crippen molar-refractivity contribution in [2.24, 2.45) is 5.41 Å². The zero-order valence-corrected chi connectivity index (χ0v) is 25.7. The molecule has 0 N–H and O–H groups in total. The van der Waals surface area contributed by atoms with Crippen molar-refractivity contribution >= 4 is 17.6 Å². The van der Waals surface area contributed by atoms with Gasteiger partial charge in [0.25, 0.3) is 0 Å². The summed E-state index contributed by atoms with van der Waals surface area (Å²) in [6.07, 6.45) is 8.31. The van der Waals surface area contributed by atoms with Gasteiger partial charge in [0.15, 0.2) is 0 Å². The molecule has 43 heavy (non-hydrogen) atoms. The van der Waals surface area contributed by atoms with Crippen LogP contribution >= 0.6 is 0 Å². The molecule has 0 radical (unpaired) electrons. The van der Waals surface area contributed by atoms with Crippen molar-refractivity contribution in [1.82, 2.24) is 0 Å². The average Bonchev–Trinajstić information content (AvgIpc) is 3.03. The second-order valence-electron chi connectivity index (χ2n) is 11.3. The van der Waals surface area contributed by atoms with Gasteiger partial charge < -0.3 is 18.9 Å². The first-order chi connectivity index (χ1) is 20.7. The number of carbonyl (C=O) groups excluding carboxylic acids is 1. The molecular formula is C37H37O6+. The summed E-state index contributed by atoms with van der Waals surface area (Å²) in [4.78, 5) is 13.6. The molecule has 1 aromatic heterocycles. The topological polar surface area (TPSA) is 65.3 Å². The Morgan fingerprint density at radius 1 is 0.837 bits per heavy atom. The van der Waals surface area contributed by atoms with Gasteiger partial charge in [0.05, 0.1) is 50.5 Å². The molecule has 0 saturated heterocycles. The first-order valence-corrected chi connectivity index (χ1v) is 14.3. The average molecular weight is 578 g/mol. The monoisotopic (exact) mass is 577 g/mol. The van der Waals surface area contributed by atoms with E-state index in [0.717, 1.165) is 33.8 Å². The molecule has 0 fully saturated rings. The number of aryl methyl sites for hydroxylation is 1. The molecule has 0 spiro atoms. The molecule has 6 nitrogen and oxygen atoms in total. The van der Waals surface area contributed by atoms with Gasteiger partial charge in [-0.1, -0.05) is 52.0 Å². The highest BCUT2D eigenvalue weighted by atomic mass is 16.5. The van der Waals surface area contributed by atoms with Crippen LogP contribution in [0.15, 0.2) is 112 Å². The zero-order valence-electron chi connectivity index (χ0n) is 25.7. The van der Waals surface area contributed by atoms with Crippen LogP contribution in [0.25, 0.3) is 23.2 Å². The van der Waals surface area contributed by atoms with Crippen molar-refractivity contribution in [3.8, 4) is 22.8 Å². The lowest BCUT2D eigenvalue weighted by Gasteiger charge is -2.29. The lowest BCUT2D eigenvalue weighted by Crippen LogP contribution is -2.22. The number of hydrogen-bond donors (Lipinski definition) is 0. The lowest BCUT2D eigenvalue weighted by molar-refractivity contribution is -0.113. The van der Waals surface area contributed by atoms with E-state index in [1.807, 2.05) is 91.9 Å². The molecular weight excluding hydrogens is 540 g/mol. The summed E-state index contributed by atoms with van der Waals surface area (Å²) >= 11 is 0. The van der Waals surface area contributed by atoms with Crippen LogP contribution < -0.4 is 9.47 Å². The number of hydrogen-bond acceptors (Lipinski definition) is 5. The van der Waals surface area contributed by atoms with Gasteiger partial charge in [-0.2, -0.15) is 0 Å². The van der Waals surface area contributed by atoms with E-state index in [-0.39, 0.29) is 11.2 Å². The van der Waals surface area contributed by atoms with Gasteiger partial charge in [-0.15, -0.1) is 0 Å². The van der Waals surface area contributed by atoms with Crippen molar-refractivity contribution in [3.63, 3.8) is 0 Å². The van der Waals surface area contributed by atoms with Gasteiger partial charge >= 0.3 is 11.5 Å². The Bertz CT molecular complexity index is 1730. The summed E-state index contributed by atoms with van der Waals surface area (Å²) in [6.45, 7) is 8.30. The molecule has 2 aromatic carbocycles. The van der Waals surface area contributed by atoms with Crippen molar-refractivity contribution in [2.75, 3.05) is 21.3 Å². The van der Waals surface area contributed by atoms with E-state index in [1.165, 1.54) is 0 Å². The maximum absolute atomic E-state index is 13.6. The maximum atomic E-state index is 13.6. The summed E-state index contributed by atoms with van der Waals surface area (Å²) in [5, 5.41) is 0. The standard InChI is InChI=1S/C37H37O6/c1-8-25-17-23(20-32(42-25)26-13-9-11-15-30(26)39-5)18-28-35(38)29(36(28)41-7)19-24-21-33(43-34(22-24)37(2,3)4)27-14-10-12-16-31(27)40-6/h9-22H,8H2,1-7H3/q+1. The van der Waals surface area contributed by atoms with Crippen molar-refractivity contribution in [1.29, 1.82) is 0 Å². The molecule has 2 heterocycles. The number of rotatable bonds is 8. The Labute approximate surface area is 253 Å². The minimum Gasteiger partial charge on any atom is -0.496 e. The fourth-order valence-corrected chi connectivity index (χ4v) is 5.02. The van der Waals surface area contributed by atoms with Crippen molar-refractivity contribution in [3.05, 3.63) is 124 Å². The molecule has 0 saturated carbocycles. The summed E-state index contributed by atoms with van der Waals surface area (Å²) in [5.41, 5.74) is 4.10. The van der Waals surface area contributed by atoms with Crippen LogP contribution in [0.3, 0.4) is 0 Å². The van der Waals surface area contributed by atoms with Crippen LogP contribution in [0.2, 0.25) is 0 Å². The summed E-state index contributed by atoms with van der Waals surface area (Å²) in [6, 6.07) is 19.3. The van der Waals surface area contributed by atoms with Gasteiger partial charge in [-0.05, 0) is 59.7 Å². The molecule has 0 amide bonds. The highest BCUT2D eigenvalue weighted by Gasteiger charge is 2.35. The molecule has 3 aromatic rings. The Morgan fingerprint density at radius 3 is 2.12 bits per heavy atom. The van der Waals surface area contributed by atoms with Crippen molar-refractivity contribution in [2.45, 2.75) is 34.1 Å². The zero-order chi connectivity index (χ0) is 30.7. The van der Waals surface area contributed by atoms with Crippen LogP contribution in [-0.4, -0.2) is 27.1 Å². The van der Waals surface area contributed by atoms with Gasteiger partial charge in [0.1, 0.15) is 34.3 Å². The van der Waals surface area contributed by atoms with E-state index in [2.05, 4.69) is 20.8 Å². The first-order valence-electron chi connectivity index (χ1n) is 14.3. The Morgan fingerprint density at radius 2 is 1.49 bits per heavy atom. The van der Waals surface area contributed by atoms with Gasteiger partial charge in [-0.25, -0.2) is 4.42 Å². The van der Waals surface area contributed by atoms with E-state index in [9.17, 15) is 4.79 Å². The molecule has 2 aliphatic rings. The number of ether oxygens (including phenoxy) is 4. The normalized spacial score (nSPS) is 16.9. The highest BCUT2D eigenvalue weighted by molar-refractivity contribution is 6.23. The molecule has 220 valence electrons. The third-order valence-corrected chi connectivity index (χ3v) is 7.32. The number of allylic oxidation sites excluding steroid dienone is 7. The van der Waals surface area contributed by atoms with Crippen LogP contribution in [0.4, 0.5) is 0 Å². The largest absolute Gasteiger partial charge is 0.496 e. The minimum absolute atomic E-state index is 0.0912. The molecule has 0 bridgehead atoms. The maximum Gasteiger partial charge on any atom is 0.364 e. The summed E-state index contributed by atoms with van der Waals surface area (Å²) in [7, 11) is 4.86. The third kappa shape index (κ3) is 6.05. The lowest BCUT2D eigenvalue weighted by atomic mass is 9.84. The third-order valence-electron chi connectivity index (χ3n) is 7.32. The van der Waals surface area contributed by atoms with Gasteiger partial charge in [-0.3, -0.25) is 4.79 Å². The number of benzene rings is 2. The SMILES string of the molecule is CCc1cc(C=C2C(=O)C(C=C3C=C(c4ccccc4OC)OC(C(C)(C)C)=C3)=C2OC)cc(-c2ccccc2OC)[o+]1. The fourth-order valence-electron chi connectivity index (χ4n) is 5.02. The Kier molecular flexibility index (Phi) is 8.40. The smallest absolute Gasteiger partial charge is 0.364 e. The molecule has 5 rings (SSSR count). The number of carbonyl (C=O) groups is 1.